The molecule has 0 aliphatic carbocycles. The van der Waals surface area contributed by atoms with E-state index in [-0.39, 0.29) is 12.1 Å². The summed E-state index contributed by atoms with van der Waals surface area (Å²) in [6.07, 6.45) is 1.58. The fraction of sp³-hybridized carbons (Fsp3) is 0.412. The number of hydrogen-bond acceptors (Lipinski definition) is 4. The van der Waals surface area contributed by atoms with Gasteiger partial charge >= 0.3 is 0 Å². The second-order valence-corrected chi connectivity index (χ2v) is 6.47. The number of nitrogens with zero attached hydrogens (tertiary/aromatic N) is 2. The highest BCUT2D eigenvalue weighted by atomic mass is 35.5. The van der Waals surface area contributed by atoms with E-state index in [2.05, 4.69) is 11.8 Å². The molecule has 0 aromatic heterocycles. The highest BCUT2D eigenvalue weighted by molar-refractivity contribution is 6.32. The number of benzene rings is 1. The summed E-state index contributed by atoms with van der Waals surface area (Å²) < 4.78 is 0. The molecule has 2 heterocycles. The molecule has 2 aliphatic heterocycles. The highest BCUT2D eigenvalue weighted by Crippen LogP contribution is 2.39. The van der Waals surface area contributed by atoms with E-state index in [4.69, 9.17) is 11.6 Å². The standard InChI is InChI=1S/C17H20ClN2O2/c1-10-8-13-11(2)20(22)17(21)14(13)9-16(19(10)3)12-6-4-5-7-15(12)18/h4-7,9-11,17,21H,8H2,1-3H3/q-1. The molecule has 5 heteroatoms. The number of aliphatic hydroxyl groups is 1. The first-order valence-corrected chi connectivity index (χ1v) is 7.85. The molecule has 1 aromatic rings. The minimum atomic E-state index is -1.10. The van der Waals surface area contributed by atoms with Gasteiger partial charge < -0.3 is 20.3 Å². The number of aliphatic hydroxyl groups excluding tert-OH is 1. The minimum Gasteiger partial charge on any atom is -0.783 e. The summed E-state index contributed by atoms with van der Waals surface area (Å²) in [5.41, 5.74) is 3.58. The van der Waals surface area contributed by atoms with Crippen LogP contribution in [0.1, 0.15) is 25.8 Å². The average Bonchev–Trinajstić information content (AvgIpc) is 2.63. The van der Waals surface area contributed by atoms with Gasteiger partial charge in [0.15, 0.2) is 0 Å². The zero-order valence-electron chi connectivity index (χ0n) is 13.0. The van der Waals surface area contributed by atoms with E-state index >= 15 is 0 Å². The van der Waals surface area contributed by atoms with Gasteiger partial charge in [0.2, 0.25) is 0 Å². The van der Waals surface area contributed by atoms with Crippen molar-refractivity contribution < 1.29 is 5.11 Å². The minimum absolute atomic E-state index is 0.219. The van der Waals surface area contributed by atoms with Crippen molar-refractivity contribution in [1.29, 1.82) is 0 Å². The van der Waals surface area contributed by atoms with E-state index in [9.17, 15) is 10.3 Å². The van der Waals surface area contributed by atoms with Crippen LogP contribution in [-0.4, -0.2) is 40.4 Å². The number of hydrogen-bond donors (Lipinski definition) is 1. The lowest BCUT2D eigenvalue weighted by atomic mass is 9.99. The highest BCUT2D eigenvalue weighted by Gasteiger charge is 2.34. The Bertz CT molecular complexity index is 656. The molecule has 0 spiro atoms. The summed E-state index contributed by atoms with van der Waals surface area (Å²) in [5, 5.41) is 23.7. The Morgan fingerprint density at radius 3 is 2.64 bits per heavy atom. The fourth-order valence-electron chi connectivity index (χ4n) is 3.24. The Morgan fingerprint density at radius 2 is 1.95 bits per heavy atom. The molecule has 118 valence electrons. The Labute approximate surface area is 135 Å². The molecule has 2 aliphatic rings. The molecule has 3 rings (SSSR count). The molecule has 22 heavy (non-hydrogen) atoms. The lowest BCUT2D eigenvalue weighted by Gasteiger charge is -2.35. The van der Waals surface area contributed by atoms with Gasteiger partial charge in [-0.25, -0.2) is 0 Å². The molecule has 0 fully saturated rings. The topological polar surface area (TPSA) is 49.8 Å². The molecule has 1 aromatic carbocycles. The summed E-state index contributed by atoms with van der Waals surface area (Å²) in [6, 6.07) is 7.57. The molecule has 0 saturated carbocycles. The van der Waals surface area contributed by atoms with Crippen molar-refractivity contribution in [3.05, 3.63) is 57.3 Å². The van der Waals surface area contributed by atoms with Gasteiger partial charge in [0.05, 0.1) is 0 Å². The maximum atomic E-state index is 12.0. The van der Waals surface area contributed by atoms with E-state index in [1.54, 1.807) is 0 Å². The van der Waals surface area contributed by atoms with Gasteiger partial charge in [-0.3, -0.25) is 0 Å². The lowest BCUT2D eigenvalue weighted by Crippen LogP contribution is -2.34. The van der Waals surface area contributed by atoms with Crippen LogP contribution in [0.3, 0.4) is 0 Å². The van der Waals surface area contributed by atoms with E-state index in [1.807, 2.05) is 44.3 Å². The van der Waals surface area contributed by atoms with Gasteiger partial charge in [0.25, 0.3) is 0 Å². The summed E-state index contributed by atoms with van der Waals surface area (Å²) in [7, 11) is 2.02. The maximum Gasteiger partial charge on any atom is 0.122 e. The Morgan fingerprint density at radius 1 is 1.27 bits per heavy atom. The van der Waals surface area contributed by atoms with Crippen molar-refractivity contribution in [2.75, 3.05) is 7.05 Å². The molecular weight excluding hydrogens is 300 g/mol. The molecule has 3 unspecified atom stereocenters. The number of rotatable bonds is 1. The largest absolute Gasteiger partial charge is 0.783 e. The van der Waals surface area contributed by atoms with E-state index in [1.165, 1.54) is 0 Å². The van der Waals surface area contributed by atoms with Crippen molar-refractivity contribution >= 4 is 17.3 Å². The molecule has 3 atom stereocenters. The van der Waals surface area contributed by atoms with E-state index < -0.39 is 6.23 Å². The zero-order valence-corrected chi connectivity index (χ0v) is 13.7. The Balaban J connectivity index is 2.14. The molecule has 0 saturated heterocycles. The zero-order chi connectivity index (χ0) is 16.0. The van der Waals surface area contributed by atoms with Crippen molar-refractivity contribution in [2.45, 2.75) is 38.6 Å². The van der Waals surface area contributed by atoms with Crippen molar-refractivity contribution in [2.24, 2.45) is 0 Å². The van der Waals surface area contributed by atoms with Crippen LogP contribution < -0.4 is 0 Å². The third-order valence-electron chi connectivity index (χ3n) is 4.77. The predicted octanol–water partition coefficient (Wildman–Crippen LogP) is 3.22. The van der Waals surface area contributed by atoms with Crippen LogP contribution in [0.15, 0.2) is 41.5 Å². The molecule has 4 nitrogen and oxygen atoms in total. The van der Waals surface area contributed by atoms with Gasteiger partial charge in [0, 0.05) is 35.4 Å². The van der Waals surface area contributed by atoms with Crippen LogP contribution in [0.2, 0.25) is 5.02 Å². The first-order valence-electron chi connectivity index (χ1n) is 7.47. The molecule has 0 amide bonds. The number of halogens is 1. The van der Waals surface area contributed by atoms with Crippen LogP contribution in [0.5, 0.6) is 0 Å². The predicted molar refractivity (Wildman–Crippen MR) is 89.0 cm³/mol. The Hall–Kier alpha value is -1.33. The second-order valence-electron chi connectivity index (χ2n) is 6.06. The summed E-state index contributed by atoms with van der Waals surface area (Å²) in [4.78, 5) is 2.16. The second kappa shape index (κ2) is 5.70. The van der Waals surface area contributed by atoms with Crippen LogP contribution >= 0.6 is 11.6 Å². The quantitative estimate of drug-likeness (QED) is 0.863. The van der Waals surface area contributed by atoms with Crippen LogP contribution in [0.25, 0.3) is 5.70 Å². The van der Waals surface area contributed by atoms with Gasteiger partial charge in [-0.15, -0.1) is 0 Å². The van der Waals surface area contributed by atoms with Crippen LogP contribution in [0, 0.1) is 5.21 Å². The summed E-state index contributed by atoms with van der Waals surface area (Å²) in [6.45, 7) is 3.97. The summed E-state index contributed by atoms with van der Waals surface area (Å²) >= 11 is 6.34. The molecule has 0 radical (unpaired) electrons. The van der Waals surface area contributed by atoms with Gasteiger partial charge in [-0.05, 0) is 43.6 Å². The Kier molecular flexibility index (Phi) is 4.03. The monoisotopic (exact) mass is 319 g/mol. The van der Waals surface area contributed by atoms with Crippen LogP contribution in [0.4, 0.5) is 0 Å². The molecule has 0 bridgehead atoms. The van der Waals surface area contributed by atoms with Gasteiger partial charge in [0.1, 0.15) is 6.23 Å². The van der Waals surface area contributed by atoms with E-state index in [0.717, 1.165) is 28.3 Å². The third kappa shape index (κ3) is 2.36. The van der Waals surface area contributed by atoms with Crippen molar-refractivity contribution in [3.63, 3.8) is 0 Å². The molecule has 1 N–H and O–H groups in total. The molecular formula is C17H20ClN2O2-. The first-order chi connectivity index (χ1) is 10.4. The van der Waals surface area contributed by atoms with Crippen molar-refractivity contribution in [1.82, 2.24) is 9.96 Å². The fourth-order valence-corrected chi connectivity index (χ4v) is 3.48. The van der Waals surface area contributed by atoms with Crippen LogP contribution in [-0.2, 0) is 0 Å². The van der Waals surface area contributed by atoms with Gasteiger partial charge in [-0.1, -0.05) is 29.8 Å². The summed E-state index contributed by atoms with van der Waals surface area (Å²) in [5.74, 6) is 0. The normalized spacial score (nSPS) is 29.5. The maximum absolute atomic E-state index is 12.0. The third-order valence-corrected chi connectivity index (χ3v) is 5.10. The van der Waals surface area contributed by atoms with E-state index in [0.29, 0.717) is 10.6 Å². The smallest absolute Gasteiger partial charge is 0.122 e. The lowest BCUT2D eigenvalue weighted by molar-refractivity contribution is 0.0741. The van der Waals surface area contributed by atoms with Crippen molar-refractivity contribution in [3.8, 4) is 0 Å². The SMILES string of the molecule is CC1CC2=C(C=C(c3ccccc3Cl)N1C)C(O)N([O-])C2C. The first kappa shape index (κ1) is 15.6. The number of hydroxylamine groups is 2. The van der Waals surface area contributed by atoms with Gasteiger partial charge in [-0.2, -0.15) is 0 Å². The average molecular weight is 320 g/mol.